The third-order valence-electron chi connectivity index (χ3n) is 5.43. The number of carbonyl (C=O) groups excluding carboxylic acids is 1. The van der Waals surface area contributed by atoms with Gasteiger partial charge in [-0.05, 0) is 56.6 Å². The van der Waals surface area contributed by atoms with Gasteiger partial charge in [-0.25, -0.2) is 0 Å². The second-order valence-corrected chi connectivity index (χ2v) is 8.29. The molecule has 0 aromatic heterocycles. The zero-order valence-corrected chi connectivity index (χ0v) is 16.6. The van der Waals surface area contributed by atoms with Crippen molar-refractivity contribution in [1.82, 2.24) is 4.90 Å². The normalized spacial score (nSPS) is 19.3. The number of anilines is 2. The van der Waals surface area contributed by atoms with Gasteiger partial charge in [0.15, 0.2) is 0 Å². The van der Waals surface area contributed by atoms with Crippen LogP contribution in [0, 0.1) is 5.92 Å². The predicted octanol–water partition coefficient (Wildman–Crippen LogP) is 4.56. The molecule has 1 saturated heterocycles. The molecule has 2 aliphatic heterocycles. The molecule has 2 aromatic rings. The fourth-order valence-corrected chi connectivity index (χ4v) is 5.19. The van der Waals surface area contributed by atoms with E-state index < -0.39 is 0 Å². The van der Waals surface area contributed by atoms with Crippen molar-refractivity contribution in [2.75, 3.05) is 38.2 Å². The van der Waals surface area contributed by atoms with Crippen LogP contribution in [-0.2, 0) is 9.53 Å². The third-order valence-corrected chi connectivity index (χ3v) is 6.56. The lowest BCUT2D eigenvalue weighted by atomic mass is 9.98. The van der Waals surface area contributed by atoms with E-state index in [1.165, 1.54) is 28.3 Å². The number of nitrogens with zero attached hydrogens (tertiary/aromatic N) is 2. The van der Waals surface area contributed by atoms with Crippen LogP contribution in [0.5, 0.6) is 0 Å². The lowest BCUT2D eigenvalue weighted by Gasteiger charge is -2.34. The van der Waals surface area contributed by atoms with Crippen molar-refractivity contribution in [3.8, 4) is 0 Å². The Hall–Kier alpha value is -1.98. The highest BCUT2D eigenvalue weighted by molar-refractivity contribution is 7.99. The van der Waals surface area contributed by atoms with Crippen molar-refractivity contribution in [3.63, 3.8) is 0 Å². The van der Waals surface area contributed by atoms with E-state index in [1.807, 2.05) is 11.8 Å². The molecule has 0 spiro atoms. The molecule has 0 bridgehead atoms. The molecule has 4 nitrogen and oxygen atoms in total. The van der Waals surface area contributed by atoms with Crippen LogP contribution in [-0.4, -0.2) is 44.2 Å². The van der Waals surface area contributed by atoms with Crippen LogP contribution in [0.3, 0.4) is 0 Å². The Morgan fingerprint density at radius 3 is 2.41 bits per heavy atom. The van der Waals surface area contributed by atoms with Crippen LogP contribution in [0.1, 0.15) is 19.3 Å². The van der Waals surface area contributed by atoms with E-state index >= 15 is 0 Å². The summed E-state index contributed by atoms with van der Waals surface area (Å²) < 4.78 is 4.94. The van der Waals surface area contributed by atoms with E-state index in [0.717, 1.165) is 45.4 Å². The van der Waals surface area contributed by atoms with Gasteiger partial charge in [0.1, 0.15) is 0 Å². The van der Waals surface area contributed by atoms with Crippen molar-refractivity contribution in [2.45, 2.75) is 29.1 Å². The number of likely N-dealkylation sites (tertiary alicyclic amines) is 1. The zero-order valence-electron chi connectivity index (χ0n) is 15.8. The molecule has 1 unspecified atom stereocenters. The van der Waals surface area contributed by atoms with E-state index in [9.17, 15) is 4.79 Å². The highest BCUT2D eigenvalue weighted by Gasteiger charge is 2.27. The number of piperidine rings is 1. The summed E-state index contributed by atoms with van der Waals surface area (Å²) in [7, 11) is 1.49. The second-order valence-electron chi connectivity index (χ2n) is 7.21. The molecule has 2 heterocycles. The summed E-state index contributed by atoms with van der Waals surface area (Å²) in [6.07, 6.45) is 3.10. The minimum absolute atomic E-state index is 0.0385. The number of methoxy groups -OCH3 is 1. The molecule has 0 radical (unpaired) electrons. The number of ether oxygens (including phenoxy) is 1. The number of esters is 1. The number of hydrogen-bond donors (Lipinski definition) is 0. The lowest BCUT2D eigenvalue weighted by molar-refractivity contribution is -0.147. The first-order chi connectivity index (χ1) is 13.3. The minimum atomic E-state index is -0.0596. The number of fused-ring (bicyclic) bond motifs is 2. The molecule has 0 aliphatic carbocycles. The Labute approximate surface area is 165 Å². The monoisotopic (exact) mass is 382 g/mol. The second kappa shape index (κ2) is 8.36. The topological polar surface area (TPSA) is 32.8 Å². The van der Waals surface area contributed by atoms with Gasteiger partial charge in [-0.1, -0.05) is 36.0 Å². The van der Waals surface area contributed by atoms with Crippen molar-refractivity contribution in [1.29, 1.82) is 0 Å². The first-order valence-corrected chi connectivity index (χ1v) is 10.5. The first kappa shape index (κ1) is 18.4. The Morgan fingerprint density at radius 1 is 1.07 bits per heavy atom. The van der Waals surface area contributed by atoms with Crippen LogP contribution in [0.15, 0.2) is 58.3 Å². The molecule has 27 heavy (non-hydrogen) atoms. The standard InChI is InChI=1S/C22H26N2O2S/c1-26-22(25)17-8-6-13-23(16-17)14-7-15-24-18-9-2-4-11-20(18)27-21-12-5-3-10-19(21)24/h2-5,9-12,17H,6-8,13-16H2,1H3. The summed E-state index contributed by atoms with van der Waals surface area (Å²) in [4.78, 5) is 19.4. The number of rotatable bonds is 5. The Kier molecular flexibility index (Phi) is 5.69. The molecular formula is C22H26N2O2S. The van der Waals surface area contributed by atoms with Gasteiger partial charge in [-0.3, -0.25) is 4.79 Å². The molecule has 2 aromatic carbocycles. The van der Waals surface area contributed by atoms with E-state index in [4.69, 9.17) is 4.74 Å². The summed E-state index contributed by atoms with van der Waals surface area (Å²) >= 11 is 1.85. The summed E-state index contributed by atoms with van der Waals surface area (Å²) in [5, 5.41) is 0. The van der Waals surface area contributed by atoms with E-state index in [1.54, 1.807) is 0 Å². The maximum atomic E-state index is 11.8. The first-order valence-electron chi connectivity index (χ1n) is 9.70. The van der Waals surface area contributed by atoms with Crippen molar-refractivity contribution < 1.29 is 9.53 Å². The summed E-state index contributed by atoms with van der Waals surface area (Å²) in [5.74, 6) is -0.0211. The van der Waals surface area contributed by atoms with Crippen molar-refractivity contribution in [3.05, 3.63) is 48.5 Å². The van der Waals surface area contributed by atoms with Gasteiger partial charge in [0.2, 0.25) is 0 Å². The van der Waals surface area contributed by atoms with Gasteiger partial charge in [-0.2, -0.15) is 0 Å². The molecule has 5 heteroatoms. The summed E-state index contributed by atoms with van der Waals surface area (Å²) in [6.45, 7) is 3.90. The molecule has 0 N–H and O–H groups in total. The average Bonchev–Trinajstić information content (AvgIpc) is 2.73. The van der Waals surface area contributed by atoms with Gasteiger partial charge in [0.25, 0.3) is 0 Å². The number of para-hydroxylation sites is 2. The Balaban J connectivity index is 1.42. The smallest absolute Gasteiger partial charge is 0.309 e. The van der Waals surface area contributed by atoms with Crippen LogP contribution in [0.2, 0.25) is 0 Å². The highest BCUT2D eigenvalue weighted by atomic mass is 32.2. The van der Waals surface area contributed by atoms with Crippen molar-refractivity contribution >= 4 is 29.1 Å². The molecule has 1 fully saturated rings. The fourth-order valence-electron chi connectivity index (χ4n) is 4.09. The van der Waals surface area contributed by atoms with Crippen LogP contribution >= 0.6 is 11.8 Å². The fraction of sp³-hybridized carbons (Fsp3) is 0.409. The predicted molar refractivity (Wildman–Crippen MR) is 110 cm³/mol. The molecule has 0 saturated carbocycles. The van der Waals surface area contributed by atoms with Crippen LogP contribution in [0.25, 0.3) is 0 Å². The van der Waals surface area contributed by atoms with Gasteiger partial charge in [0, 0.05) is 22.9 Å². The van der Waals surface area contributed by atoms with Gasteiger partial charge >= 0.3 is 5.97 Å². The van der Waals surface area contributed by atoms with Gasteiger partial charge in [0.05, 0.1) is 24.4 Å². The summed E-state index contributed by atoms with van der Waals surface area (Å²) in [5.41, 5.74) is 2.60. The largest absolute Gasteiger partial charge is 0.469 e. The SMILES string of the molecule is COC(=O)C1CCCN(CCCN2c3ccccc3Sc3ccccc32)C1. The summed E-state index contributed by atoms with van der Waals surface area (Å²) in [6, 6.07) is 17.3. The maximum Gasteiger partial charge on any atom is 0.309 e. The van der Waals surface area contributed by atoms with Crippen molar-refractivity contribution in [2.24, 2.45) is 5.92 Å². The van der Waals surface area contributed by atoms with E-state index in [-0.39, 0.29) is 11.9 Å². The number of carbonyl (C=O) groups is 1. The lowest BCUT2D eigenvalue weighted by Crippen LogP contribution is -2.40. The van der Waals surface area contributed by atoms with E-state index in [0.29, 0.717) is 0 Å². The third kappa shape index (κ3) is 3.99. The Bertz CT molecular complexity index is 765. The molecular weight excluding hydrogens is 356 g/mol. The molecule has 4 rings (SSSR count). The van der Waals surface area contributed by atoms with Crippen LogP contribution in [0.4, 0.5) is 11.4 Å². The van der Waals surface area contributed by atoms with Gasteiger partial charge < -0.3 is 14.5 Å². The molecule has 2 aliphatic rings. The minimum Gasteiger partial charge on any atom is -0.469 e. The quantitative estimate of drug-likeness (QED) is 0.708. The van der Waals surface area contributed by atoms with Gasteiger partial charge in [-0.15, -0.1) is 0 Å². The van der Waals surface area contributed by atoms with Crippen LogP contribution < -0.4 is 4.90 Å². The number of hydrogen-bond acceptors (Lipinski definition) is 5. The number of benzene rings is 2. The molecule has 142 valence electrons. The van der Waals surface area contributed by atoms with E-state index in [2.05, 4.69) is 58.3 Å². The highest BCUT2D eigenvalue weighted by Crippen LogP contribution is 2.47. The maximum absolute atomic E-state index is 11.8. The molecule has 1 atom stereocenters. The molecule has 0 amide bonds. The Morgan fingerprint density at radius 2 is 1.74 bits per heavy atom. The zero-order chi connectivity index (χ0) is 18.6. The average molecular weight is 383 g/mol.